The molecule has 2 heterocycles. The first-order valence-electron chi connectivity index (χ1n) is 7.76. The van der Waals surface area contributed by atoms with Gasteiger partial charge in [-0.15, -0.1) is 11.3 Å². The summed E-state index contributed by atoms with van der Waals surface area (Å²) in [6, 6.07) is 12.2. The Labute approximate surface area is 140 Å². The van der Waals surface area contributed by atoms with Gasteiger partial charge in [0.25, 0.3) is 5.91 Å². The number of carbonyl (C=O) groups excluding carboxylic acids is 1. The number of nitrogens with zero attached hydrogens (tertiary/aromatic N) is 1. The van der Waals surface area contributed by atoms with Crippen molar-refractivity contribution < 1.29 is 14.3 Å². The van der Waals surface area contributed by atoms with E-state index in [0.717, 1.165) is 20.9 Å². The minimum Gasteiger partial charge on any atom is -0.376 e. The Hall–Kier alpha value is -1.69. The van der Waals surface area contributed by atoms with E-state index in [1.807, 2.05) is 38.2 Å². The minimum atomic E-state index is -0.0349. The van der Waals surface area contributed by atoms with Crippen LogP contribution in [-0.4, -0.2) is 50.3 Å². The average molecular weight is 331 g/mol. The quantitative estimate of drug-likeness (QED) is 0.863. The second kappa shape index (κ2) is 7.25. The number of hydrogen-bond donors (Lipinski definition) is 0. The highest BCUT2D eigenvalue weighted by Gasteiger charge is 2.22. The maximum Gasteiger partial charge on any atom is 0.263 e. The lowest BCUT2D eigenvalue weighted by Crippen LogP contribution is -2.40. The zero-order valence-corrected chi connectivity index (χ0v) is 14.3. The molecule has 5 heteroatoms. The van der Waals surface area contributed by atoms with Gasteiger partial charge in [0.2, 0.25) is 0 Å². The van der Waals surface area contributed by atoms with Gasteiger partial charge >= 0.3 is 0 Å². The maximum absolute atomic E-state index is 12.7. The number of ether oxygens (including phenoxy) is 2. The fourth-order valence-corrected chi connectivity index (χ4v) is 3.85. The van der Waals surface area contributed by atoms with Crippen molar-refractivity contribution in [3.8, 4) is 10.4 Å². The number of rotatable bonds is 4. The molecule has 0 radical (unpaired) electrons. The van der Waals surface area contributed by atoms with Crippen molar-refractivity contribution in [1.82, 2.24) is 4.90 Å². The lowest BCUT2D eigenvalue weighted by atomic mass is 10.1. The van der Waals surface area contributed by atoms with Crippen LogP contribution in [0.15, 0.2) is 36.4 Å². The Balaban J connectivity index is 1.72. The zero-order chi connectivity index (χ0) is 16.2. The Morgan fingerprint density at radius 1 is 1.30 bits per heavy atom. The third-order valence-electron chi connectivity index (χ3n) is 3.87. The number of amides is 1. The van der Waals surface area contributed by atoms with Crippen LogP contribution in [0.25, 0.3) is 10.4 Å². The largest absolute Gasteiger partial charge is 0.376 e. The zero-order valence-electron chi connectivity index (χ0n) is 13.5. The first kappa shape index (κ1) is 16.2. The number of thiophene rings is 1. The van der Waals surface area contributed by atoms with Crippen LogP contribution in [-0.2, 0) is 9.47 Å². The summed E-state index contributed by atoms with van der Waals surface area (Å²) in [7, 11) is 1.82. The van der Waals surface area contributed by atoms with Crippen molar-refractivity contribution in [2.75, 3.05) is 33.4 Å². The number of likely N-dealkylation sites (N-methyl/N-ethyl adjacent to an activating group) is 1. The number of hydrogen-bond acceptors (Lipinski definition) is 4. The molecular weight excluding hydrogens is 310 g/mol. The second-order valence-electron chi connectivity index (χ2n) is 5.74. The molecule has 1 aliphatic heterocycles. The van der Waals surface area contributed by atoms with Crippen molar-refractivity contribution in [2.45, 2.75) is 13.0 Å². The summed E-state index contributed by atoms with van der Waals surface area (Å²) in [5, 5.41) is 0. The first-order valence-corrected chi connectivity index (χ1v) is 8.57. The first-order chi connectivity index (χ1) is 11.1. The molecule has 23 heavy (non-hydrogen) atoms. The Morgan fingerprint density at radius 2 is 2.09 bits per heavy atom. The summed E-state index contributed by atoms with van der Waals surface area (Å²) in [6.45, 7) is 4.39. The van der Waals surface area contributed by atoms with Crippen LogP contribution < -0.4 is 0 Å². The molecule has 1 amide bonds. The fourth-order valence-electron chi connectivity index (χ4n) is 2.68. The highest BCUT2D eigenvalue weighted by molar-refractivity contribution is 7.17. The fraction of sp³-hybridized carbons (Fsp3) is 0.389. The number of aryl methyl sites for hydroxylation is 1. The van der Waals surface area contributed by atoms with Gasteiger partial charge in [-0.3, -0.25) is 4.79 Å². The van der Waals surface area contributed by atoms with E-state index in [1.54, 1.807) is 16.2 Å². The van der Waals surface area contributed by atoms with E-state index in [4.69, 9.17) is 9.47 Å². The van der Waals surface area contributed by atoms with Gasteiger partial charge in [-0.05, 0) is 24.1 Å². The predicted octanol–water partition coefficient (Wildman–Crippen LogP) is 3.21. The molecule has 3 rings (SSSR count). The van der Waals surface area contributed by atoms with E-state index in [-0.39, 0.29) is 12.0 Å². The molecule has 2 aromatic rings. The standard InChI is InChI=1S/C18H21NO3S/c1-13-10-16(23-17(13)14-6-4-3-5-7-14)18(20)19(2)11-15-12-21-8-9-22-15/h3-7,10,15H,8-9,11-12H2,1-2H3/t15-/m0/s1. The van der Waals surface area contributed by atoms with Gasteiger partial charge < -0.3 is 14.4 Å². The summed E-state index contributed by atoms with van der Waals surface area (Å²) in [6.07, 6.45) is -0.0349. The molecule has 0 saturated carbocycles. The van der Waals surface area contributed by atoms with E-state index >= 15 is 0 Å². The highest BCUT2D eigenvalue weighted by atomic mass is 32.1. The molecule has 0 bridgehead atoms. The molecular formula is C18H21NO3S. The van der Waals surface area contributed by atoms with Crippen molar-refractivity contribution in [2.24, 2.45) is 0 Å². The molecule has 4 nitrogen and oxygen atoms in total. The second-order valence-corrected chi connectivity index (χ2v) is 6.79. The van der Waals surface area contributed by atoms with Crippen molar-refractivity contribution in [3.05, 3.63) is 46.8 Å². The molecule has 1 atom stereocenters. The van der Waals surface area contributed by atoms with Crippen LogP contribution in [0.5, 0.6) is 0 Å². The molecule has 122 valence electrons. The van der Waals surface area contributed by atoms with Gasteiger partial charge in [0.15, 0.2) is 0 Å². The van der Waals surface area contributed by atoms with E-state index in [0.29, 0.717) is 26.4 Å². The lowest BCUT2D eigenvalue weighted by molar-refractivity contribution is -0.0933. The van der Waals surface area contributed by atoms with Crippen molar-refractivity contribution in [3.63, 3.8) is 0 Å². The molecule has 1 fully saturated rings. The summed E-state index contributed by atoms with van der Waals surface area (Å²) in [5.41, 5.74) is 2.29. The van der Waals surface area contributed by atoms with Gasteiger partial charge in [0, 0.05) is 18.5 Å². The molecule has 1 aliphatic rings. The minimum absolute atomic E-state index is 0.0349. The van der Waals surface area contributed by atoms with E-state index < -0.39 is 0 Å². The Bertz CT molecular complexity index is 662. The van der Waals surface area contributed by atoms with Crippen molar-refractivity contribution in [1.29, 1.82) is 0 Å². The van der Waals surface area contributed by atoms with Crippen LogP contribution in [0.3, 0.4) is 0 Å². The van der Waals surface area contributed by atoms with Gasteiger partial charge in [-0.1, -0.05) is 30.3 Å². The van der Waals surface area contributed by atoms with E-state index in [9.17, 15) is 4.79 Å². The van der Waals surface area contributed by atoms with E-state index in [1.165, 1.54) is 0 Å². The average Bonchev–Trinajstić information content (AvgIpc) is 2.97. The summed E-state index contributed by atoms with van der Waals surface area (Å²) in [5.74, 6) is 0.0365. The van der Waals surface area contributed by atoms with E-state index in [2.05, 4.69) is 12.1 Å². The molecule has 1 aromatic heterocycles. The van der Waals surface area contributed by atoms with Gasteiger partial charge in [0.05, 0.1) is 30.8 Å². The van der Waals surface area contributed by atoms with Crippen LogP contribution >= 0.6 is 11.3 Å². The summed E-state index contributed by atoms with van der Waals surface area (Å²) >= 11 is 1.55. The smallest absolute Gasteiger partial charge is 0.263 e. The molecule has 1 saturated heterocycles. The maximum atomic E-state index is 12.7. The van der Waals surface area contributed by atoms with Crippen LogP contribution in [0.4, 0.5) is 0 Å². The van der Waals surface area contributed by atoms with Gasteiger partial charge in [-0.2, -0.15) is 0 Å². The SMILES string of the molecule is Cc1cc(C(=O)N(C)C[C@H]2COCCO2)sc1-c1ccccc1. The molecule has 1 aromatic carbocycles. The van der Waals surface area contributed by atoms with Crippen LogP contribution in [0, 0.1) is 6.92 Å². The normalized spacial score (nSPS) is 17.9. The third-order valence-corrected chi connectivity index (χ3v) is 5.15. The van der Waals surface area contributed by atoms with Crippen LogP contribution in [0.1, 0.15) is 15.2 Å². The molecule has 0 N–H and O–H groups in total. The predicted molar refractivity (Wildman–Crippen MR) is 92.0 cm³/mol. The number of carbonyl (C=O) groups is 1. The van der Waals surface area contributed by atoms with Gasteiger partial charge in [-0.25, -0.2) is 0 Å². The van der Waals surface area contributed by atoms with Crippen LogP contribution in [0.2, 0.25) is 0 Å². The molecule has 0 aliphatic carbocycles. The summed E-state index contributed by atoms with van der Waals surface area (Å²) < 4.78 is 11.0. The summed E-state index contributed by atoms with van der Waals surface area (Å²) in [4.78, 5) is 16.3. The molecule has 0 spiro atoms. The highest BCUT2D eigenvalue weighted by Crippen LogP contribution is 2.32. The Morgan fingerprint density at radius 3 is 2.78 bits per heavy atom. The van der Waals surface area contributed by atoms with Gasteiger partial charge in [0.1, 0.15) is 0 Å². The topological polar surface area (TPSA) is 38.8 Å². The van der Waals surface area contributed by atoms with Crippen molar-refractivity contribution >= 4 is 17.2 Å². The number of benzene rings is 1. The Kier molecular flexibility index (Phi) is 5.10. The monoisotopic (exact) mass is 331 g/mol. The molecule has 0 unspecified atom stereocenters. The lowest BCUT2D eigenvalue weighted by Gasteiger charge is -2.27. The third kappa shape index (κ3) is 3.80.